The predicted molar refractivity (Wildman–Crippen MR) is 140 cm³/mol. The highest BCUT2D eigenvalue weighted by Gasteiger charge is 2.47. The molecule has 0 heterocycles. The lowest BCUT2D eigenvalue weighted by atomic mass is 9.59. The predicted octanol–water partition coefficient (Wildman–Crippen LogP) is 6.47. The van der Waals surface area contributed by atoms with Crippen LogP contribution in [0.25, 0.3) is 0 Å². The van der Waals surface area contributed by atoms with Crippen molar-refractivity contribution in [3.8, 4) is 0 Å². The summed E-state index contributed by atoms with van der Waals surface area (Å²) in [7, 11) is 0. The van der Waals surface area contributed by atoms with Gasteiger partial charge in [0.1, 0.15) is 5.82 Å². The van der Waals surface area contributed by atoms with Crippen LogP contribution in [0.4, 0.5) is 4.39 Å². The van der Waals surface area contributed by atoms with E-state index in [4.69, 9.17) is 17.0 Å². The zero-order valence-corrected chi connectivity index (χ0v) is 20.6. The number of rotatable bonds is 10. The van der Waals surface area contributed by atoms with E-state index < -0.39 is 5.41 Å². The highest BCUT2D eigenvalue weighted by molar-refractivity contribution is 7.80. The Morgan fingerprint density at radius 3 is 2.31 bits per heavy atom. The van der Waals surface area contributed by atoms with Crippen LogP contribution in [0.3, 0.4) is 0 Å². The quantitative estimate of drug-likeness (QED) is 0.261. The third kappa shape index (κ3) is 6.10. The number of Topliss-reactive ketones (excluding diaryl/α,β-unsaturated/α-hetero) is 1. The topological polar surface area (TPSA) is 46.5 Å². The number of thiocarbonyl (C=S) groups is 1. The van der Waals surface area contributed by atoms with Crippen LogP contribution < -0.4 is 0 Å². The zero-order valence-electron chi connectivity index (χ0n) is 19.7. The molecule has 1 fully saturated rings. The molecule has 4 rings (SSSR count). The van der Waals surface area contributed by atoms with Crippen molar-refractivity contribution < 1.29 is 19.0 Å². The van der Waals surface area contributed by atoms with Gasteiger partial charge in [-0.2, -0.15) is 0 Å². The van der Waals surface area contributed by atoms with Crippen molar-refractivity contribution in [1.82, 2.24) is 0 Å². The minimum Gasteiger partial charge on any atom is -0.396 e. The van der Waals surface area contributed by atoms with Crippen LogP contribution in [0.5, 0.6) is 0 Å². The molecular weight excluding hydrogens is 459 g/mol. The highest BCUT2D eigenvalue weighted by Crippen LogP contribution is 2.48. The van der Waals surface area contributed by atoms with Gasteiger partial charge in [-0.05, 0) is 48.8 Å². The molecule has 3 aromatic carbocycles. The molecule has 1 aliphatic rings. The van der Waals surface area contributed by atoms with Gasteiger partial charge in [-0.25, -0.2) is 4.39 Å². The molecule has 0 saturated heterocycles. The summed E-state index contributed by atoms with van der Waals surface area (Å²) >= 11 is 5.74. The Labute approximate surface area is 212 Å². The van der Waals surface area contributed by atoms with Gasteiger partial charge in [0.25, 0.3) is 0 Å². The molecule has 1 aliphatic carbocycles. The Morgan fingerprint density at radius 1 is 0.971 bits per heavy atom. The van der Waals surface area contributed by atoms with Gasteiger partial charge in [0.05, 0.1) is 12.7 Å². The van der Waals surface area contributed by atoms with Crippen molar-refractivity contribution in [2.24, 2.45) is 5.92 Å². The number of benzene rings is 3. The molecule has 1 N–H and O–H groups in total. The van der Waals surface area contributed by atoms with E-state index >= 15 is 4.39 Å². The number of hydrogen-bond donors (Lipinski definition) is 1. The number of halogens is 1. The number of aliphatic hydroxyl groups is 1. The van der Waals surface area contributed by atoms with E-state index in [0.717, 1.165) is 12.0 Å². The standard InChI is InChI=1S/C30H31FO3S/c31-28-14-8-7-13-27(28)30(19-26(35)17-29(33)23-11-5-2-6-12-23)18-25(16-15-24(30)20-32)34-21-22-9-3-1-4-10-22/h1-14,24-25,32H,15-21H2/t24-,25?,30-/m0/s1. The normalized spacial score (nSPS) is 22.0. The van der Waals surface area contributed by atoms with Gasteiger partial charge >= 0.3 is 0 Å². The third-order valence-corrected chi connectivity index (χ3v) is 7.42. The summed E-state index contributed by atoms with van der Waals surface area (Å²) in [6, 6.07) is 25.8. The molecule has 1 unspecified atom stereocenters. The second-order valence-corrected chi connectivity index (χ2v) is 9.97. The average molecular weight is 491 g/mol. The Bertz CT molecular complexity index is 1130. The van der Waals surface area contributed by atoms with Crippen molar-refractivity contribution in [3.05, 3.63) is 107 Å². The molecule has 182 valence electrons. The molecule has 3 aromatic rings. The summed E-state index contributed by atoms with van der Waals surface area (Å²) < 4.78 is 21.5. The molecule has 5 heteroatoms. The molecular formula is C30H31FO3S. The van der Waals surface area contributed by atoms with Crippen molar-refractivity contribution >= 4 is 22.9 Å². The van der Waals surface area contributed by atoms with E-state index in [1.165, 1.54) is 6.07 Å². The van der Waals surface area contributed by atoms with Gasteiger partial charge in [0, 0.05) is 28.9 Å². The number of hydrogen-bond acceptors (Lipinski definition) is 4. The highest BCUT2D eigenvalue weighted by atomic mass is 32.1. The molecule has 0 aromatic heterocycles. The van der Waals surface area contributed by atoms with Gasteiger partial charge in [-0.15, -0.1) is 0 Å². The van der Waals surface area contributed by atoms with Crippen molar-refractivity contribution in [2.45, 2.75) is 50.2 Å². The average Bonchev–Trinajstić information content (AvgIpc) is 2.88. The summed E-state index contributed by atoms with van der Waals surface area (Å²) in [5.41, 5.74) is 1.49. The first-order valence-corrected chi connectivity index (χ1v) is 12.5. The van der Waals surface area contributed by atoms with Crippen LogP contribution in [-0.2, 0) is 16.8 Å². The van der Waals surface area contributed by atoms with Crippen molar-refractivity contribution in [1.29, 1.82) is 0 Å². The first-order chi connectivity index (χ1) is 17.0. The Balaban J connectivity index is 1.60. The molecule has 3 atom stereocenters. The summed E-state index contributed by atoms with van der Waals surface area (Å²) in [5.74, 6) is -0.542. The molecule has 0 aliphatic heterocycles. The second kappa shape index (κ2) is 11.8. The first-order valence-electron chi connectivity index (χ1n) is 12.1. The molecule has 35 heavy (non-hydrogen) atoms. The zero-order chi connectivity index (χ0) is 24.7. The summed E-state index contributed by atoms with van der Waals surface area (Å²) in [6.07, 6.45) is 2.36. The van der Waals surface area contributed by atoms with E-state index in [1.807, 2.05) is 54.6 Å². The largest absolute Gasteiger partial charge is 0.396 e. The minimum absolute atomic E-state index is 0.0486. The number of ether oxygens (including phenoxy) is 1. The first kappa shape index (κ1) is 25.4. The number of carbonyl (C=O) groups excluding carboxylic acids is 1. The Hall–Kier alpha value is -2.73. The van der Waals surface area contributed by atoms with E-state index in [0.29, 0.717) is 41.9 Å². The van der Waals surface area contributed by atoms with Crippen LogP contribution >= 0.6 is 12.2 Å². The van der Waals surface area contributed by atoms with Gasteiger partial charge in [0.2, 0.25) is 0 Å². The lowest BCUT2D eigenvalue weighted by Gasteiger charge is -2.47. The number of aliphatic hydroxyl groups excluding tert-OH is 1. The fourth-order valence-corrected chi connectivity index (χ4v) is 5.75. The van der Waals surface area contributed by atoms with Crippen LogP contribution in [-0.4, -0.2) is 28.5 Å². The van der Waals surface area contributed by atoms with Crippen molar-refractivity contribution in [3.63, 3.8) is 0 Å². The van der Waals surface area contributed by atoms with E-state index in [2.05, 4.69) is 0 Å². The second-order valence-electron chi connectivity index (χ2n) is 9.40. The maximum atomic E-state index is 15.3. The van der Waals surface area contributed by atoms with E-state index in [1.54, 1.807) is 24.3 Å². The summed E-state index contributed by atoms with van der Waals surface area (Å²) in [5, 5.41) is 10.4. The lowest BCUT2D eigenvalue weighted by Crippen LogP contribution is -2.47. The molecule has 0 bridgehead atoms. The van der Waals surface area contributed by atoms with Gasteiger partial charge < -0.3 is 9.84 Å². The maximum Gasteiger partial charge on any atom is 0.167 e. The van der Waals surface area contributed by atoms with Crippen LogP contribution in [0.2, 0.25) is 0 Å². The van der Waals surface area contributed by atoms with Gasteiger partial charge in [-0.3, -0.25) is 4.79 Å². The molecule has 0 radical (unpaired) electrons. The Kier molecular flexibility index (Phi) is 8.55. The monoisotopic (exact) mass is 490 g/mol. The van der Waals surface area contributed by atoms with Crippen LogP contribution in [0.1, 0.15) is 53.6 Å². The lowest BCUT2D eigenvalue weighted by molar-refractivity contribution is -0.0335. The SMILES string of the molecule is O=C(CC(=S)C[C@@]1(c2ccccc2F)CC(OCc2ccccc2)CC[C@H]1CO)c1ccccc1. The van der Waals surface area contributed by atoms with E-state index in [9.17, 15) is 9.90 Å². The Morgan fingerprint density at radius 2 is 1.63 bits per heavy atom. The van der Waals surface area contributed by atoms with Gasteiger partial charge in [-0.1, -0.05) is 91.1 Å². The van der Waals surface area contributed by atoms with Crippen LogP contribution in [0, 0.1) is 11.7 Å². The minimum atomic E-state index is -0.742. The summed E-state index contributed by atoms with van der Waals surface area (Å²) in [4.78, 5) is 13.4. The molecule has 1 saturated carbocycles. The maximum absolute atomic E-state index is 15.3. The van der Waals surface area contributed by atoms with Crippen molar-refractivity contribution in [2.75, 3.05) is 6.61 Å². The molecule has 3 nitrogen and oxygen atoms in total. The number of carbonyl (C=O) groups is 1. The fourth-order valence-electron chi connectivity index (χ4n) is 5.36. The molecule has 0 amide bonds. The fraction of sp³-hybridized carbons (Fsp3) is 0.333. The smallest absolute Gasteiger partial charge is 0.167 e. The van der Waals surface area contributed by atoms with Crippen LogP contribution in [0.15, 0.2) is 84.9 Å². The van der Waals surface area contributed by atoms with E-state index in [-0.39, 0.29) is 36.7 Å². The number of ketones is 1. The summed E-state index contributed by atoms with van der Waals surface area (Å²) in [6.45, 7) is 0.397. The third-order valence-electron chi connectivity index (χ3n) is 7.14. The van der Waals surface area contributed by atoms with Gasteiger partial charge in [0.15, 0.2) is 5.78 Å². The molecule has 0 spiro atoms.